The molecule has 1 aromatic rings. The molecule has 0 aliphatic heterocycles. The third-order valence-electron chi connectivity index (χ3n) is 3.20. The first kappa shape index (κ1) is 9.57. The normalized spacial score (nSPS) is 18.4. The molecule has 1 aliphatic rings. The van der Waals surface area contributed by atoms with Crippen molar-refractivity contribution in [2.45, 2.75) is 38.0 Å². The molecule has 0 spiro atoms. The average Bonchev–Trinajstić information content (AvgIpc) is 2.23. The van der Waals surface area contributed by atoms with E-state index in [9.17, 15) is 5.11 Å². The molecule has 0 aromatic heterocycles. The van der Waals surface area contributed by atoms with E-state index in [1.54, 1.807) is 0 Å². The number of hydrogen-bond donors (Lipinski definition) is 1. The molecule has 0 saturated heterocycles. The molecule has 2 rings (SSSR count). The molecule has 1 heteroatoms. The van der Waals surface area contributed by atoms with Crippen molar-refractivity contribution in [3.63, 3.8) is 0 Å². The Kier molecular flexibility index (Phi) is 2.76. The fourth-order valence-electron chi connectivity index (χ4n) is 2.35. The van der Waals surface area contributed by atoms with Crippen molar-refractivity contribution in [3.8, 4) is 5.75 Å². The average molecular weight is 189 g/mol. The van der Waals surface area contributed by atoms with Crippen molar-refractivity contribution in [1.29, 1.82) is 0 Å². The lowest BCUT2D eigenvalue weighted by Crippen LogP contribution is -2.04. The zero-order chi connectivity index (χ0) is 9.97. The summed E-state index contributed by atoms with van der Waals surface area (Å²) in [6, 6.07) is 5.90. The second-order valence-electron chi connectivity index (χ2n) is 4.19. The van der Waals surface area contributed by atoms with Crippen LogP contribution in [0.4, 0.5) is 0 Å². The molecule has 1 aromatic carbocycles. The van der Waals surface area contributed by atoms with E-state index in [0.29, 0.717) is 11.7 Å². The molecule has 0 unspecified atom stereocenters. The van der Waals surface area contributed by atoms with E-state index in [-0.39, 0.29) is 0 Å². The maximum atomic E-state index is 9.89. The van der Waals surface area contributed by atoms with Crippen LogP contribution in [0.1, 0.15) is 49.1 Å². The maximum absolute atomic E-state index is 9.89. The molecule has 1 aliphatic carbocycles. The molecule has 75 valence electrons. The molecular weight excluding hydrogens is 172 g/mol. The lowest BCUT2D eigenvalue weighted by Gasteiger charge is -2.23. The van der Waals surface area contributed by atoms with Crippen molar-refractivity contribution >= 4 is 0 Å². The van der Waals surface area contributed by atoms with Gasteiger partial charge < -0.3 is 5.11 Å². The highest BCUT2D eigenvalue weighted by molar-refractivity contribution is 5.43. The molecule has 1 fully saturated rings. The number of benzene rings is 1. The van der Waals surface area contributed by atoms with Gasteiger partial charge in [-0.25, -0.2) is 0 Å². The second kappa shape index (κ2) is 4.04. The fourth-order valence-corrected chi connectivity index (χ4v) is 2.35. The summed E-state index contributed by atoms with van der Waals surface area (Å²) in [6.07, 6.45) is 6.38. The lowest BCUT2D eigenvalue weighted by atomic mass is 9.83. The molecule has 1 N–H and O–H groups in total. The van der Waals surface area contributed by atoms with Crippen LogP contribution in [-0.4, -0.2) is 5.11 Å². The van der Waals surface area contributed by atoms with Gasteiger partial charge in [-0.15, -0.1) is 0 Å². The summed E-state index contributed by atoms with van der Waals surface area (Å²) >= 11 is 0. The Morgan fingerprint density at radius 2 is 1.86 bits per heavy atom. The Balaban J connectivity index is 2.26. The van der Waals surface area contributed by atoms with Gasteiger partial charge >= 0.3 is 0 Å². The molecule has 1 radical (unpaired) electrons. The van der Waals surface area contributed by atoms with Gasteiger partial charge in [0.15, 0.2) is 0 Å². The standard InChI is InChI=1S/C13H17O/c1-10-6-5-9-12(13(10)14)11-7-3-2-4-8-11/h5-6,9,11,14H,1-4,7-8H2. The monoisotopic (exact) mass is 189 g/mol. The largest absolute Gasteiger partial charge is 0.507 e. The highest BCUT2D eigenvalue weighted by Gasteiger charge is 2.18. The molecule has 0 bridgehead atoms. The van der Waals surface area contributed by atoms with Crippen molar-refractivity contribution in [2.24, 2.45) is 0 Å². The quantitative estimate of drug-likeness (QED) is 0.715. The van der Waals surface area contributed by atoms with E-state index >= 15 is 0 Å². The van der Waals surface area contributed by atoms with Crippen LogP contribution < -0.4 is 0 Å². The molecular formula is C13H17O. The minimum atomic E-state index is 0.416. The van der Waals surface area contributed by atoms with Crippen LogP contribution >= 0.6 is 0 Å². The van der Waals surface area contributed by atoms with Gasteiger partial charge in [0.1, 0.15) is 5.75 Å². The number of phenolic OH excluding ortho intramolecular Hbond substituents is 1. The van der Waals surface area contributed by atoms with E-state index in [2.05, 4.69) is 6.92 Å². The molecule has 0 heterocycles. The van der Waals surface area contributed by atoms with E-state index in [0.717, 1.165) is 11.1 Å². The first-order valence-electron chi connectivity index (χ1n) is 5.43. The van der Waals surface area contributed by atoms with Crippen LogP contribution in [0.25, 0.3) is 0 Å². The summed E-state index contributed by atoms with van der Waals surface area (Å²) in [7, 11) is 0. The van der Waals surface area contributed by atoms with E-state index in [4.69, 9.17) is 0 Å². The third-order valence-corrected chi connectivity index (χ3v) is 3.20. The van der Waals surface area contributed by atoms with Crippen molar-refractivity contribution in [1.82, 2.24) is 0 Å². The van der Waals surface area contributed by atoms with Crippen LogP contribution in [-0.2, 0) is 0 Å². The summed E-state index contributed by atoms with van der Waals surface area (Å²) in [6.45, 7) is 3.83. The molecule has 1 saturated carbocycles. The van der Waals surface area contributed by atoms with Crippen molar-refractivity contribution in [3.05, 3.63) is 36.2 Å². The van der Waals surface area contributed by atoms with Gasteiger partial charge in [0.25, 0.3) is 0 Å². The van der Waals surface area contributed by atoms with Gasteiger partial charge in [0.05, 0.1) is 0 Å². The summed E-state index contributed by atoms with van der Waals surface area (Å²) in [5.74, 6) is 0.977. The van der Waals surface area contributed by atoms with Crippen molar-refractivity contribution in [2.75, 3.05) is 0 Å². The van der Waals surface area contributed by atoms with Crippen LogP contribution in [0.15, 0.2) is 18.2 Å². The minimum absolute atomic E-state index is 0.416. The van der Waals surface area contributed by atoms with Gasteiger partial charge in [-0.1, -0.05) is 37.5 Å². The summed E-state index contributed by atoms with van der Waals surface area (Å²) < 4.78 is 0. The zero-order valence-electron chi connectivity index (χ0n) is 8.50. The van der Waals surface area contributed by atoms with Crippen LogP contribution in [0.2, 0.25) is 0 Å². The van der Waals surface area contributed by atoms with Crippen LogP contribution in [0.5, 0.6) is 5.75 Å². The Morgan fingerprint density at radius 1 is 1.14 bits per heavy atom. The number of hydrogen-bond acceptors (Lipinski definition) is 1. The first-order valence-corrected chi connectivity index (χ1v) is 5.43. The number of phenols is 1. The van der Waals surface area contributed by atoms with Gasteiger partial charge in [0.2, 0.25) is 0 Å². The Hall–Kier alpha value is -0.980. The van der Waals surface area contributed by atoms with Crippen LogP contribution in [0.3, 0.4) is 0 Å². The first-order chi connectivity index (χ1) is 6.79. The fraction of sp³-hybridized carbons (Fsp3) is 0.462. The third kappa shape index (κ3) is 1.77. The second-order valence-corrected chi connectivity index (χ2v) is 4.19. The van der Waals surface area contributed by atoms with Gasteiger partial charge in [0, 0.05) is 0 Å². The van der Waals surface area contributed by atoms with Crippen molar-refractivity contribution < 1.29 is 5.11 Å². The van der Waals surface area contributed by atoms with Gasteiger partial charge in [-0.2, -0.15) is 0 Å². The Morgan fingerprint density at radius 3 is 2.57 bits per heavy atom. The topological polar surface area (TPSA) is 20.2 Å². The highest BCUT2D eigenvalue weighted by atomic mass is 16.3. The number of para-hydroxylation sites is 1. The van der Waals surface area contributed by atoms with E-state index in [1.807, 2.05) is 18.2 Å². The zero-order valence-corrected chi connectivity index (χ0v) is 8.50. The number of aromatic hydroxyl groups is 1. The van der Waals surface area contributed by atoms with Gasteiger partial charge in [-0.05, 0) is 36.8 Å². The Bertz CT molecular complexity index is 311. The van der Waals surface area contributed by atoms with E-state index < -0.39 is 0 Å². The SMILES string of the molecule is [CH2]c1cccc(C2CCCCC2)c1O. The lowest BCUT2D eigenvalue weighted by molar-refractivity contribution is 0.413. The number of rotatable bonds is 1. The predicted molar refractivity (Wildman–Crippen MR) is 58.4 cm³/mol. The highest BCUT2D eigenvalue weighted by Crippen LogP contribution is 2.37. The van der Waals surface area contributed by atoms with Crippen LogP contribution in [0, 0.1) is 6.92 Å². The summed E-state index contributed by atoms with van der Waals surface area (Å²) in [5, 5.41) is 9.89. The maximum Gasteiger partial charge on any atom is 0.122 e. The molecule has 0 atom stereocenters. The minimum Gasteiger partial charge on any atom is -0.507 e. The van der Waals surface area contributed by atoms with E-state index in [1.165, 1.54) is 32.1 Å². The molecule has 1 nitrogen and oxygen atoms in total. The molecule has 14 heavy (non-hydrogen) atoms. The Labute approximate surface area is 85.8 Å². The smallest absolute Gasteiger partial charge is 0.122 e. The molecule has 0 amide bonds. The summed E-state index contributed by atoms with van der Waals surface area (Å²) in [5.41, 5.74) is 1.87. The summed E-state index contributed by atoms with van der Waals surface area (Å²) in [4.78, 5) is 0. The predicted octanol–water partition coefficient (Wildman–Crippen LogP) is 3.62. The van der Waals surface area contributed by atoms with Gasteiger partial charge in [-0.3, -0.25) is 0 Å².